The molecule has 1 N–H and O–H groups in total. The van der Waals surface area contributed by atoms with E-state index in [1.54, 1.807) is 30.5 Å². The molecule has 0 aromatic heterocycles. The molecule has 2 rings (SSSR count). The number of aliphatic carboxylic acids is 1. The lowest BCUT2D eigenvalue weighted by Crippen LogP contribution is -2.52. The molecule has 0 aliphatic carbocycles. The molecule has 6 nitrogen and oxygen atoms in total. The second kappa shape index (κ2) is 6.15. The third kappa shape index (κ3) is 3.05. The molecular weight excluding hydrogens is 282 g/mol. The van der Waals surface area contributed by atoms with E-state index in [0.717, 1.165) is 0 Å². The van der Waals surface area contributed by atoms with Crippen LogP contribution in [0.25, 0.3) is 0 Å². The van der Waals surface area contributed by atoms with E-state index in [1.807, 2.05) is 0 Å². The minimum atomic E-state index is -1.11. The summed E-state index contributed by atoms with van der Waals surface area (Å²) in [5.41, 5.74) is 0.382. The summed E-state index contributed by atoms with van der Waals surface area (Å²) in [5, 5.41) is 9.11. The van der Waals surface area contributed by atoms with Gasteiger partial charge in [0.2, 0.25) is 0 Å². The van der Waals surface area contributed by atoms with Gasteiger partial charge in [0.05, 0.1) is 13.2 Å². The monoisotopic (exact) mass is 297 g/mol. The second-order valence-corrected chi connectivity index (χ2v) is 5.79. The molecule has 108 valence electrons. The largest absolute Gasteiger partial charge is 0.480 e. The number of hydrogen-bond donors (Lipinski definition) is 1. The van der Waals surface area contributed by atoms with Gasteiger partial charge in [-0.3, -0.25) is 9.00 Å². The van der Waals surface area contributed by atoms with Crippen molar-refractivity contribution in [3.63, 3.8) is 0 Å². The molecule has 1 amide bonds. The number of benzene rings is 1. The van der Waals surface area contributed by atoms with Gasteiger partial charge in [-0.05, 0) is 24.3 Å². The van der Waals surface area contributed by atoms with Crippen LogP contribution in [0.5, 0.6) is 0 Å². The number of amides is 1. The van der Waals surface area contributed by atoms with Crippen molar-refractivity contribution in [1.82, 2.24) is 4.90 Å². The van der Waals surface area contributed by atoms with Gasteiger partial charge in [-0.2, -0.15) is 0 Å². The number of rotatable bonds is 3. The molecule has 1 aliphatic rings. The van der Waals surface area contributed by atoms with Gasteiger partial charge in [0.15, 0.2) is 6.04 Å². The zero-order valence-corrected chi connectivity index (χ0v) is 11.8. The van der Waals surface area contributed by atoms with Crippen molar-refractivity contribution in [1.29, 1.82) is 0 Å². The third-order valence-corrected chi connectivity index (χ3v) is 4.04. The molecule has 1 aromatic carbocycles. The summed E-state index contributed by atoms with van der Waals surface area (Å²) in [4.78, 5) is 25.4. The Labute approximate surface area is 118 Å². The van der Waals surface area contributed by atoms with E-state index in [2.05, 4.69) is 0 Å². The van der Waals surface area contributed by atoms with Crippen LogP contribution in [0.15, 0.2) is 29.2 Å². The van der Waals surface area contributed by atoms with Crippen LogP contribution >= 0.6 is 0 Å². The first-order chi connectivity index (χ1) is 9.50. The lowest BCUT2D eigenvalue weighted by molar-refractivity contribution is -0.147. The van der Waals surface area contributed by atoms with Crippen LogP contribution in [0.1, 0.15) is 10.4 Å². The highest BCUT2D eigenvalue weighted by atomic mass is 32.2. The fourth-order valence-corrected chi connectivity index (χ4v) is 2.53. The minimum Gasteiger partial charge on any atom is -0.480 e. The summed E-state index contributed by atoms with van der Waals surface area (Å²) >= 11 is 0. The van der Waals surface area contributed by atoms with Crippen LogP contribution in [-0.2, 0) is 20.3 Å². The summed E-state index contributed by atoms with van der Waals surface area (Å²) in [6.07, 6.45) is 1.55. The summed E-state index contributed by atoms with van der Waals surface area (Å²) in [6, 6.07) is 5.39. The SMILES string of the molecule is C[S@@](=O)c1ccc(C(=O)N2CCOC[C@@H]2C(=O)O)cc1. The predicted molar refractivity (Wildman–Crippen MR) is 72.1 cm³/mol. The topological polar surface area (TPSA) is 83.9 Å². The Morgan fingerprint density at radius 3 is 2.55 bits per heavy atom. The molecule has 0 radical (unpaired) electrons. The van der Waals surface area contributed by atoms with Gasteiger partial charge in [-0.1, -0.05) is 0 Å². The van der Waals surface area contributed by atoms with Crippen LogP contribution < -0.4 is 0 Å². The molecular formula is C13H15NO5S. The summed E-state index contributed by atoms with van der Waals surface area (Å²) in [5.74, 6) is -1.43. The van der Waals surface area contributed by atoms with E-state index < -0.39 is 22.8 Å². The number of hydrogen-bond acceptors (Lipinski definition) is 4. The van der Waals surface area contributed by atoms with Crippen molar-refractivity contribution in [3.8, 4) is 0 Å². The molecule has 1 aliphatic heterocycles. The number of carboxylic acids is 1. The molecule has 1 heterocycles. The average Bonchev–Trinajstić information content (AvgIpc) is 2.46. The lowest BCUT2D eigenvalue weighted by atomic mass is 10.1. The quantitative estimate of drug-likeness (QED) is 0.870. The molecule has 0 bridgehead atoms. The van der Waals surface area contributed by atoms with E-state index in [0.29, 0.717) is 17.1 Å². The van der Waals surface area contributed by atoms with E-state index in [4.69, 9.17) is 9.84 Å². The highest BCUT2D eigenvalue weighted by Crippen LogP contribution is 2.14. The van der Waals surface area contributed by atoms with Crippen molar-refractivity contribution in [2.75, 3.05) is 26.0 Å². The first-order valence-electron chi connectivity index (χ1n) is 6.05. The fourth-order valence-electron chi connectivity index (χ4n) is 2.01. The van der Waals surface area contributed by atoms with Crippen LogP contribution in [-0.4, -0.2) is 58.1 Å². The number of morpholine rings is 1. The zero-order chi connectivity index (χ0) is 14.7. The molecule has 1 aromatic rings. The maximum atomic E-state index is 12.3. The van der Waals surface area contributed by atoms with Crippen LogP contribution in [0.3, 0.4) is 0 Å². The van der Waals surface area contributed by atoms with Crippen molar-refractivity contribution in [2.24, 2.45) is 0 Å². The molecule has 2 atom stereocenters. The number of nitrogens with zero attached hydrogens (tertiary/aromatic N) is 1. The fraction of sp³-hybridized carbons (Fsp3) is 0.385. The van der Waals surface area contributed by atoms with Crippen molar-refractivity contribution in [3.05, 3.63) is 29.8 Å². The number of carbonyl (C=O) groups is 2. The molecule has 1 saturated heterocycles. The Kier molecular flexibility index (Phi) is 4.51. The van der Waals surface area contributed by atoms with Crippen LogP contribution in [0, 0.1) is 0 Å². The van der Waals surface area contributed by atoms with E-state index >= 15 is 0 Å². The Balaban J connectivity index is 2.20. The molecule has 0 unspecified atom stereocenters. The first kappa shape index (κ1) is 14.7. The Hall–Kier alpha value is -1.73. The minimum absolute atomic E-state index is 0.00185. The predicted octanol–water partition coefficient (Wildman–Crippen LogP) is 0.350. The van der Waals surface area contributed by atoms with E-state index in [1.165, 1.54) is 4.90 Å². The van der Waals surface area contributed by atoms with Crippen LogP contribution in [0.4, 0.5) is 0 Å². The maximum absolute atomic E-state index is 12.3. The average molecular weight is 297 g/mol. The normalized spacial score (nSPS) is 20.4. The van der Waals surface area contributed by atoms with Gasteiger partial charge >= 0.3 is 5.97 Å². The molecule has 0 spiro atoms. The standard InChI is InChI=1S/C13H15NO5S/c1-20(18)10-4-2-9(3-5-10)12(15)14-6-7-19-8-11(14)13(16)17/h2-5,11H,6-8H2,1H3,(H,16,17)/t11-,20-/m1/s1. The molecule has 7 heteroatoms. The molecule has 20 heavy (non-hydrogen) atoms. The molecule has 0 saturated carbocycles. The first-order valence-corrected chi connectivity index (χ1v) is 7.61. The van der Waals surface area contributed by atoms with Gasteiger partial charge in [-0.15, -0.1) is 0 Å². The number of carbonyl (C=O) groups excluding carboxylic acids is 1. The summed E-state index contributed by atoms with van der Waals surface area (Å²) in [7, 11) is -1.11. The van der Waals surface area contributed by atoms with Crippen molar-refractivity contribution < 1.29 is 23.6 Å². The number of ether oxygens (including phenoxy) is 1. The highest BCUT2D eigenvalue weighted by molar-refractivity contribution is 7.84. The smallest absolute Gasteiger partial charge is 0.328 e. The summed E-state index contributed by atoms with van der Waals surface area (Å²) in [6.45, 7) is 0.571. The van der Waals surface area contributed by atoms with E-state index in [-0.39, 0.29) is 19.1 Å². The van der Waals surface area contributed by atoms with Crippen molar-refractivity contribution >= 4 is 22.7 Å². The highest BCUT2D eigenvalue weighted by Gasteiger charge is 2.33. The van der Waals surface area contributed by atoms with Gasteiger partial charge in [0.25, 0.3) is 5.91 Å². The van der Waals surface area contributed by atoms with Gasteiger partial charge < -0.3 is 14.7 Å². The van der Waals surface area contributed by atoms with Crippen molar-refractivity contribution in [2.45, 2.75) is 10.9 Å². The third-order valence-electron chi connectivity index (χ3n) is 3.11. The van der Waals surface area contributed by atoms with Gasteiger partial charge in [-0.25, -0.2) is 4.79 Å². The molecule has 1 fully saturated rings. The van der Waals surface area contributed by atoms with Gasteiger partial charge in [0.1, 0.15) is 0 Å². The van der Waals surface area contributed by atoms with Gasteiger partial charge in [0, 0.05) is 34.1 Å². The Bertz CT molecular complexity index is 542. The maximum Gasteiger partial charge on any atom is 0.328 e. The van der Waals surface area contributed by atoms with Crippen LogP contribution in [0.2, 0.25) is 0 Å². The van der Waals surface area contributed by atoms with E-state index in [9.17, 15) is 13.8 Å². The Morgan fingerprint density at radius 2 is 2.00 bits per heavy atom. The zero-order valence-electron chi connectivity index (χ0n) is 10.9. The number of carboxylic acid groups (broad SMARTS) is 1. The lowest BCUT2D eigenvalue weighted by Gasteiger charge is -2.32. The summed E-state index contributed by atoms with van der Waals surface area (Å²) < 4.78 is 16.4. The Morgan fingerprint density at radius 1 is 1.35 bits per heavy atom. The second-order valence-electron chi connectivity index (χ2n) is 4.41.